The van der Waals surface area contributed by atoms with Crippen LogP contribution in [0.4, 0.5) is 0 Å². The zero-order valence-corrected chi connectivity index (χ0v) is 27.4. The zero-order valence-electron chi connectivity index (χ0n) is 27.4. The van der Waals surface area contributed by atoms with Crippen molar-refractivity contribution >= 4 is 33.7 Å². The van der Waals surface area contributed by atoms with Crippen LogP contribution in [0.5, 0.6) is 0 Å². The van der Waals surface area contributed by atoms with Crippen molar-refractivity contribution < 1.29 is 4.84 Å². The molecule has 50 heavy (non-hydrogen) atoms. The van der Waals surface area contributed by atoms with Gasteiger partial charge in [-0.15, -0.1) is 0 Å². The highest BCUT2D eigenvalue weighted by Crippen LogP contribution is 2.37. The highest BCUT2D eigenvalue weighted by atomic mass is 16.6. The van der Waals surface area contributed by atoms with Gasteiger partial charge in [0.15, 0.2) is 0 Å². The van der Waals surface area contributed by atoms with E-state index < -0.39 is 0 Å². The Kier molecular flexibility index (Phi) is 7.29. The lowest BCUT2D eigenvalue weighted by Crippen LogP contribution is -2.21. The third-order valence-electron chi connectivity index (χ3n) is 9.31. The quantitative estimate of drug-likeness (QED) is 0.207. The monoisotopic (exact) mass is 644 g/mol. The van der Waals surface area contributed by atoms with Crippen molar-refractivity contribution in [2.75, 3.05) is 7.11 Å². The number of hydrogen-bond donors (Lipinski definition) is 1. The molecule has 238 valence electrons. The summed E-state index contributed by atoms with van der Waals surface area (Å²) in [6.45, 7) is 0. The summed E-state index contributed by atoms with van der Waals surface area (Å²) in [6, 6.07) is 48.3. The van der Waals surface area contributed by atoms with E-state index in [1.807, 2.05) is 29.0 Å². The predicted molar refractivity (Wildman–Crippen MR) is 203 cm³/mol. The lowest BCUT2D eigenvalue weighted by molar-refractivity contribution is 0.166. The average Bonchev–Trinajstić information content (AvgIpc) is 4.00. The maximum absolute atomic E-state index is 6.07. The molecule has 5 nitrogen and oxygen atoms in total. The number of rotatable bonds is 5. The van der Waals surface area contributed by atoms with Crippen molar-refractivity contribution in [3.63, 3.8) is 0 Å². The molecule has 0 aliphatic carbocycles. The highest BCUT2D eigenvalue weighted by molar-refractivity contribution is 6.31. The standard InChI is InChI=1S/C45H32N4O/c1-50-49-29-34-28-41(49)45(33-20-12-5-13-21-33)40-27-26-39(48-40)44(32-18-10-4-11-19-32)38-25-24-37(47-38)43(31-16-8-3-9-17-31)36-23-22-35(46-36)42(34)30-14-6-2-7-15-30/h2-29,47H,1H3. The largest absolute Gasteiger partial charge is 0.417 e. The summed E-state index contributed by atoms with van der Waals surface area (Å²) in [5, 5.41) is 1.96. The van der Waals surface area contributed by atoms with Crippen LogP contribution >= 0.6 is 0 Å². The van der Waals surface area contributed by atoms with E-state index >= 15 is 0 Å². The number of benzene rings is 4. The van der Waals surface area contributed by atoms with Gasteiger partial charge in [-0.3, -0.25) is 0 Å². The first-order valence-electron chi connectivity index (χ1n) is 16.7. The lowest BCUT2D eigenvalue weighted by Gasteiger charge is -2.13. The summed E-state index contributed by atoms with van der Waals surface area (Å²) in [5.74, 6) is 0. The van der Waals surface area contributed by atoms with Crippen molar-refractivity contribution in [3.05, 3.63) is 226 Å². The van der Waals surface area contributed by atoms with Gasteiger partial charge in [0.05, 0.1) is 34.7 Å². The summed E-state index contributed by atoms with van der Waals surface area (Å²) >= 11 is 0. The van der Waals surface area contributed by atoms with Crippen LogP contribution in [-0.2, 0) is 0 Å². The van der Waals surface area contributed by atoms with Crippen LogP contribution in [-0.4, -0.2) is 28.2 Å². The summed E-state index contributed by atoms with van der Waals surface area (Å²) < 4.78 is 1.84. The number of aliphatic imine (C=N–C) groups is 2. The molecule has 0 atom stereocenters. The predicted octanol–water partition coefficient (Wildman–Crippen LogP) is 7.53. The van der Waals surface area contributed by atoms with Gasteiger partial charge in [0.2, 0.25) is 0 Å². The Morgan fingerprint density at radius 1 is 0.460 bits per heavy atom. The Balaban J connectivity index is 1.44. The van der Waals surface area contributed by atoms with Crippen molar-refractivity contribution in [1.82, 2.24) is 9.71 Å². The molecule has 0 saturated carbocycles. The summed E-state index contributed by atoms with van der Waals surface area (Å²) in [7, 11) is 1.70. The number of fused-ring (bicyclic) bond motifs is 6. The number of aromatic nitrogens is 2. The van der Waals surface area contributed by atoms with Gasteiger partial charge in [-0.1, -0.05) is 121 Å². The first kappa shape index (κ1) is 29.4. The molecule has 3 aliphatic rings. The summed E-state index contributed by atoms with van der Waals surface area (Å²) in [6.07, 6.45) is 10.5. The maximum atomic E-state index is 6.07. The molecule has 4 aromatic carbocycles. The van der Waals surface area contributed by atoms with E-state index in [9.17, 15) is 0 Å². The van der Waals surface area contributed by atoms with Gasteiger partial charge in [-0.2, -0.15) is 4.73 Å². The molecule has 5 heterocycles. The molecular weight excluding hydrogens is 613 g/mol. The Morgan fingerprint density at radius 2 is 0.880 bits per heavy atom. The number of aromatic amines is 1. The number of nitrogens with zero attached hydrogens (tertiary/aromatic N) is 3. The molecule has 6 aromatic rings. The normalized spacial score (nSPS) is 15.1. The van der Waals surface area contributed by atoms with E-state index in [0.29, 0.717) is 0 Å². The van der Waals surface area contributed by atoms with E-state index in [2.05, 4.69) is 151 Å². The summed E-state index contributed by atoms with van der Waals surface area (Å²) in [5.41, 5.74) is 13.7. The summed E-state index contributed by atoms with van der Waals surface area (Å²) in [4.78, 5) is 20.6. The minimum absolute atomic E-state index is 0.855. The zero-order chi connectivity index (χ0) is 33.4. The third kappa shape index (κ3) is 5.13. The molecule has 5 heteroatoms. The van der Waals surface area contributed by atoms with E-state index in [1.165, 1.54) is 0 Å². The van der Waals surface area contributed by atoms with Crippen LogP contribution < -0.4 is 15.5 Å². The highest BCUT2D eigenvalue weighted by Gasteiger charge is 2.25. The third-order valence-corrected chi connectivity index (χ3v) is 9.31. The van der Waals surface area contributed by atoms with Crippen molar-refractivity contribution in [2.24, 2.45) is 9.98 Å². The molecule has 8 bridgehead atoms. The van der Waals surface area contributed by atoms with Gasteiger partial charge in [0.25, 0.3) is 0 Å². The first-order valence-corrected chi connectivity index (χ1v) is 16.7. The fraction of sp³-hybridized carbons (Fsp3) is 0.0222. The van der Waals surface area contributed by atoms with Crippen LogP contribution in [0.15, 0.2) is 191 Å². The molecule has 0 unspecified atom stereocenters. The van der Waals surface area contributed by atoms with Gasteiger partial charge in [0.1, 0.15) is 7.11 Å². The topological polar surface area (TPSA) is 54.7 Å². The number of H-pyrrole nitrogens is 1. The molecule has 9 rings (SSSR count). The van der Waals surface area contributed by atoms with E-state index in [-0.39, 0.29) is 0 Å². The van der Waals surface area contributed by atoms with Gasteiger partial charge < -0.3 is 9.82 Å². The molecule has 3 aliphatic heterocycles. The van der Waals surface area contributed by atoms with Crippen LogP contribution in [0, 0.1) is 0 Å². The minimum atomic E-state index is 0.855. The lowest BCUT2D eigenvalue weighted by atomic mass is 9.96. The van der Waals surface area contributed by atoms with Crippen molar-refractivity contribution in [1.29, 1.82) is 0 Å². The fourth-order valence-corrected chi connectivity index (χ4v) is 7.07. The average molecular weight is 645 g/mol. The van der Waals surface area contributed by atoms with Gasteiger partial charge in [-0.25, -0.2) is 9.98 Å². The van der Waals surface area contributed by atoms with Gasteiger partial charge in [0, 0.05) is 38.6 Å². The second-order valence-corrected chi connectivity index (χ2v) is 12.3. The molecule has 0 amide bonds. The molecule has 2 aromatic heterocycles. The number of nitrogens with one attached hydrogen (secondary N) is 1. The van der Waals surface area contributed by atoms with Crippen molar-refractivity contribution in [2.45, 2.75) is 0 Å². The Bertz CT molecular complexity index is 2580. The number of hydrogen-bond acceptors (Lipinski definition) is 3. The Morgan fingerprint density at radius 3 is 1.34 bits per heavy atom. The second-order valence-electron chi connectivity index (χ2n) is 12.3. The molecular formula is C45H32N4O. The van der Waals surface area contributed by atoms with Crippen LogP contribution in [0.1, 0.15) is 33.5 Å². The van der Waals surface area contributed by atoms with E-state index in [0.717, 1.165) is 89.3 Å². The SMILES string of the molecule is COn1cc2cc1C(c1ccccc1)=C1C=CC(=N1)C(c1ccccc1)=c1ccc([nH]1)=C(c1ccccc1)C1=NC(=C2c2ccccc2)C=C1. The van der Waals surface area contributed by atoms with Gasteiger partial charge in [-0.05, 0) is 64.8 Å². The van der Waals surface area contributed by atoms with Crippen LogP contribution in [0.2, 0.25) is 0 Å². The van der Waals surface area contributed by atoms with Crippen LogP contribution in [0.25, 0.3) is 22.3 Å². The smallest absolute Gasteiger partial charge is 0.104 e. The fourth-order valence-electron chi connectivity index (χ4n) is 7.07. The maximum Gasteiger partial charge on any atom is 0.104 e. The Labute approximate surface area is 290 Å². The van der Waals surface area contributed by atoms with Crippen LogP contribution in [0.3, 0.4) is 0 Å². The number of allylic oxidation sites excluding steroid dienone is 4. The molecule has 0 saturated heterocycles. The Hall–Kier alpha value is -6.72. The van der Waals surface area contributed by atoms with E-state index in [1.54, 1.807) is 7.11 Å². The minimum Gasteiger partial charge on any atom is -0.417 e. The van der Waals surface area contributed by atoms with E-state index in [4.69, 9.17) is 14.8 Å². The van der Waals surface area contributed by atoms with Gasteiger partial charge >= 0.3 is 0 Å². The first-order chi connectivity index (χ1) is 24.7. The molecule has 0 fully saturated rings. The second kappa shape index (κ2) is 12.4. The molecule has 0 radical (unpaired) electrons. The van der Waals surface area contributed by atoms with Crippen molar-refractivity contribution in [3.8, 4) is 0 Å². The molecule has 0 spiro atoms. The molecule has 1 N–H and O–H groups in total.